The number of carbonyl (C=O) groups is 1. The van der Waals surface area contributed by atoms with Crippen LogP contribution in [0.1, 0.15) is 41.4 Å². The van der Waals surface area contributed by atoms with Crippen LogP contribution in [0.2, 0.25) is 5.15 Å². The number of pyridine rings is 1. The van der Waals surface area contributed by atoms with Gasteiger partial charge in [0.05, 0.1) is 0 Å². The van der Waals surface area contributed by atoms with Gasteiger partial charge in [-0.25, -0.2) is 4.98 Å². The first-order valence-electron chi connectivity index (χ1n) is 6.33. The predicted octanol–water partition coefficient (Wildman–Crippen LogP) is 2.72. The highest BCUT2D eigenvalue weighted by Crippen LogP contribution is 2.19. The Morgan fingerprint density at radius 2 is 2.19 bits per heavy atom. The normalized spacial score (nSPS) is 10.5. The van der Waals surface area contributed by atoms with Gasteiger partial charge in [0.1, 0.15) is 16.8 Å². The second-order valence-corrected chi connectivity index (χ2v) is 5.28. The van der Waals surface area contributed by atoms with Crippen molar-refractivity contribution in [3.63, 3.8) is 0 Å². The molecule has 6 nitrogen and oxygen atoms in total. The molecule has 0 aliphatic rings. The van der Waals surface area contributed by atoms with E-state index in [1.807, 2.05) is 19.9 Å². The molecule has 0 spiro atoms. The van der Waals surface area contributed by atoms with Gasteiger partial charge in [0, 0.05) is 24.5 Å². The molecular weight excluding hydrogens is 290 g/mol. The zero-order chi connectivity index (χ0) is 15.6. The van der Waals surface area contributed by atoms with E-state index in [1.54, 1.807) is 13.1 Å². The molecule has 0 aliphatic heterocycles. The molecule has 0 unspecified atom stereocenters. The molecule has 2 aromatic heterocycles. The largest absolute Gasteiger partial charge is 0.304 e. The summed E-state index contributed by atoms with van der Waals surface area (Å²) >= 11 is 5.94. The lowest BCUT2D eigenvalue weighted by Gasteiger charge is -2.08. The number of aryl methyl sites for hydroxylation is 1. The average Bonchev–Trinajstić information content (AvgIpc) is 2.77. The Kier molecular flexibility index (Phi) is 4.24. The van der Waals surface area contributed by atoms with Crippen LogP contribution < -0.4 is 5.32 Å². The second-order valence-electron chi connectivity index (χ2n) is 4.89. The average molecular weight is 304 g/mol. The summed E-state index contributed by atoms with van der Waals surface area (Å²) in [5.41, 5.74) is 1.41. The quantitative estimate of drug-likeness (QED) is 0.884. The third-order valence-electron chi connectivity index (χ3n) is 2.85. The molecule has 2 rings (SSSR count). The highest BCUT2D eigenvalue weighted by molar-refractivity contribution is 6.29. The number of nitrogens with one attached hydrogen (secondary N) is 1. The number of carbonyl (C=O) groups excluding carboxylic acids is 1. The van der Waals surface area contributed by atoms with Crippen LogP contribution in [0.25, 0.3) is 0 Å². The molecule has 0 aliphatic carbocycles. The fourth-order valence-electron chi connectivity index (χ4n) is 1.79. The van der Waals surface area contributed by atoms with Gasteiger partial charge in [-0.15, -0.1) is 0 Å². The third kappa shape index (κ3) is 3.38. The summed E-state index contributed by atoms with van der Waals surface area (Å²) in [5.74, 6) is 0.000186. The maximum Gasteiger partial charge on any atom is 0.257 e. The molecular formula is C14H14ClN5O. The first kappa shape index (κ1) is 15.0. The Bertz CT molecular complexity index is 729. The highest BCUT2D eigenvalue weighted by atomic mass is 35.5. The van der Waals surface area contributed by atoms with E-state index in [-0.39, 0.29) is 22.8 Å². The maximum atomic E-state index is 12.3. The minimum Gasteiger partial charge on any atom is -0.304 e. The van der Waals surface area contributed by atoms with Gasteiger partial charge in [0.15, 0.2) is 5.82 Å². The van der Waals surface area contributed by atoms with Crippen molar-refractivity contribution in [2.75, 3.05) is 5.32 Å². The van der Waals surface area contributed by atoms with E-state index in [1.165, 1.54) is 16.9 Å². The van der Waals surface area contributed by atoms with Gasteiger partial charge >= 0.3 is 0 Å². The molecule has 7 heteroatoms. The maximum absolute atomic E-state index is 12.3. The molecule has 0 radical (unpaired) electrons. The smallest absolute Gasteiger partial charge is 0.257 e. The van der Waals surface area contributed by atoms with Crippen molar-refractivity contribution < 1.29 is 4.79 Å². The number of aromatic nitrogens is 3. The number of nitriles is 1. The minimum absolute atomic E-state index is 0.153. The van der Waals surface area contributed by atoms with Crippen LogP contribution >= 0.6 is 11.6 Å². The van der Waals surface area contributed by atoms with Gasteiger partial charge < -0.3 is 5.32 Å². The van der Waals surface area contributed by atoms with Gasteiger partial charge in [-0.3, -0.25) is 9.48 Å². The SMILES string of the molecule is CC(C)c1cc(C(=O)Nc2nn(C)cc2C#N)cc(Cl)n1. The molecule has 2 aromatic rings. The molecule has 108 valence electrons. The van der Waals surface area contributed by atoms with Gasteiger partial charge in [0.25, 0.3) is 5.91 Å². The van der Waals surface area contributed by atoms with Gasteiger partial charge in [-0.1, -0.05) is 25.4 Å². The van der Waals surface area contributed by atoms with Crippen molar-refractivity contribution in [1.82, 2.24) is 14.8 Å². The minimum atomic E-state index is -0.378. The van der Waals surface area contributed by atoms with Crippen molar-refractivity contribution >= 4 is 23.3 Å². The number of halogens is 1. The molecule has 1 N–H and O–H groups in total. The molecule has 0 fully saturated rings. The second kappa shape index (κ2) is 5.94. The van der Waals surface area contributed by atoms with Crippen molar-refractivity contribution in [3.05, 3.63) is 40.3 Å². The van der Waals surface area contributed by atoms with Crippen LogP contribution in [-0.2, 0) is 7.05 Å². The lowest BCUT2D eigenvalue weighted by molar-refractivity contribution is 0.102. The van der Waals surface area contributed by atoms with E-state index in [9.17, 15) is 4.79 Å². The fraction of sp³-hybridized carbons (Fsp3) is 0.286. The monoisotopic (exact) mass is 303 g/mol. The summed E-state index contributed by atoms with van der Waals surface area (Å²) in [6.07, 6.45) is 1.54. The zero-order valence-corrected chi connectivity index (χ0v) is 12.6. The zero-order valence-electron chi connectivity index (χ0n) is 11.9. The van der Waals surface area contributed by atoms with Crippen LogP contribution in [0.3, 0.4) is 0 Å². The Balaban J connectivity index is 2.30. The Labute approximate surface area is 127 Å². The lowest BCUT2D eigenvalue weighted by atomic mass is 10.1. The van der Waals surface area contributed by atoms with Crippen LogP contribution in [-0.4, -0.2) is 20.7 Å². The van der Waals surface area contributed by atoms with E-state index in [0.717, 1.165) is 5.69 Å². The van der Waals surface area contributed by atoms with E-state index in [2.05, 4.69) is 15.4 Å². The Morgan fingerprint density at radius 3 is 2.81 bits per heavy atom. The number of rotatable bonds is 3. The number of hydrogen-bond donors (Lipinski definition) is 1. The van der Waals surface area contributed by atoms with Gasteiger partial charge in [-0.2, -0.15) is 10.4 Å². The summed E-state index contributed by atoms with van der Waals surface area (Å²) in [6.45, 7) is 3.93. The van der Waals surface area contributed by atoms with Crippen molar-refractivity contribution in [2.45, 2.75) is 19.8 Å². The molecule has 21 heavy (non-hydrogen) atoms. The fourth-order valence-corrected chi connectivity index (χ4v) is 2.00. The van der Waals surface area contributed by atoms with Crippen LogP contribution in [0.5, 0.6) is 0 Å². The Hall–Kier alpha value is -2.39. The van der Waals surface area contributed by atoms with E-state index in [0.29, 0.717) is 11.1 Å². The molecule has 0 atom stereocenters. The third-order valence-corrected chi connectivity index (χ3v) is 3.04. The number of anilines is 1. The van der Waals surface area contributed by atoms with Gasteiger partial charge in [0.2, 0.25) is 0 Å². The molecule has 1 amide bonds. The summed E-state index contributed by atoms with van der Waals surface area (Å²) < 4.78 is 1.47. The summed E-state index contributed by atoms with van der Waals surface area (Å²) in [7, 11) is 1.68. The number of amides is 1. The lowest BCUT2D eigenvalue weighted by Crippen LogP contribution is -2.14. The van der Waals surface area contributed by atoms with Crippen LogP contribution in [0.15, 0.2) is 18.3 Å². The van der Waals surface area contributed by atoms with Crippen molar-refractivity contribution in [1.29, 1.82) is 5.26 Å². The number of hydrogen-bond acceptors (Lipinski definition) is 4. The highest BCUT2D eigenvalue weighted by Gasteiger charge is 2.15. The molecule has 2 heterocycles. The molecule has 0 saturated carbocycles. The Morgan fingerprint density at radius 1 is 1.48 bits per heavy atom. The van der Waals surface area contributed by atoms with E-state index >= 15 is 0 Å². The standard InChI is InChI=1S/C14H14ClN5O/c1-8(2)11-4-9(5-12(15)17-11)14(21)18-13-10(6-16)7-20(3)19-13/h4-5,7-8H,1-3H3,(H,18,19,21). The van der Waals surface area contributed by atoms with Crippen molar-refractivity contribution in [3.8, 4) is 6.07 Å². The van der Waals surface area contributed by atoms with E-state index in [4.69, 9.17) is 16.9 Å². The van der Waals surface area contributed by atoms with Crippen LogP contribution in [0, 0.1) is 11.3 Å². The first-order chi connectivity index (χ1) is 9.90. The van der Waals surface area contributed by atoms with E-state index < -0.39 is 0 Å². The molecule has 0 saturated heterocycles. The molecule has 0 aromatic carbocycles. The molecule has 0 bridgehead atoms. The summed E-state index contributed by atoms with van der Waals surface area (Å²) in [6, 6.07) is 5.14. The van der Waals surface area contributed by atoms with Gasteiger partial charge in [-0.05, 0) is 18.1 Å². The topological polar surface area (TPSA) is 83.6 Å². The van der Waals surface area contributed by atoms with Crippen LogP contribution in [0.4, 0.5) is 5.82 Å². The first-order valence-corrected chi connectivity index (χ1v) is 6.71. The number of nitrogens with zero attached hydrogens (tertiary/aromatic N) is 4. The summed E-state index contributed by atoms with van der Waals surface area (Å²) in [5, 5.41) is 15.9. The van der Waals surface area contributed by atoms with Crippen molar-refractivity contribution in [2.24, 2.45) is 7.05 Å². The summed E-state index contributed by atoms with van der Waals surface area (Å²) in [4.78, 5) is 16.4. The predicted molar refractivity (Wildman–Crippen MR) is 79.2 cm³/mol.